The Hall–Kier alpha value is -0.780. The van der Waals surface area contributed by atoms with Gasteiger partial charge in [-0.3, -0.25) is 4.79 Å². The Labute approximate surface area is 158 Å². The molecule has 6 heteroatoms. The maximum atomic E-state index is 13.1. The molecule has 25 heavy (non-hydrogen) atoms. The molecule has 0 aromatic carbocycles. The predicted molar refractivity (Wildman–Crippen MR) is 98.6 cm³/mol. The average Bonchev–Trinajstić information content (AvgIpc) is 2.77. The fourth-order valence-electron chi connectivity index (χ4n) is 6.45. The van der Waals surface area contributed by atoms with Crippen molar-refractivity contribution < 1.29 is 14.3 Å². The summed E-state index contributed by atoms with van der Waals surface area (Å²) in [5.74, 6) is 1.92. The molecular formula is C19H29BrN2O3. The van der Waals surface area contributed by atoms with E-state index in [2.05, 4.69) is 15.9 Å². The highest BCUT2D eigenvalue weighted by molar-refractivity contribution is 9.10. The number of hydrogen-bond donors (Lipinski definition) is 0. The maximum absolute atomic E-state index is 13.1. The van der Waals surface area contributed by atoms with Gasteiger partial charge < -0.3 is 14.5 Å². The first-order valence-corrected chi connectivity index (χ1v) is 10.5. The van der Waals surface area contributed by atoms with Crippen LogP contribution in [0.5, 0.6) is 0 Å². The second kappa shape index (κ2) is 6.43. The maximum Gasteiger partial charge on any atom is 0.409 e. The van der Waals surface area contributed by atoms with Crippen LogP contribution in [0.3, 0.4) is 0 Å². The van der Waals surface area contributed by atoms with Crippen LogP contribution in [-0.4, -0.2) is 59.4 Å². The van der Waals surface area contributed by atoms with Gasteiger partial charge in [0.05, 0.1) is 7.11 Å². The third kappa shape index (κ3) is 3.43. The van der Waals surface area contributed by atoms with E-state index in [4.69, 9.17) is 4.74 Å². The molecule has 4 aliphatic carbocycles. The third-order valence-electron chi connectivity index (χ3n) is 6.92. The lowest BCUT2D eigenvalue weighted by Crippen LogP contribution is -2.54. The predicted octanol–water partition coefficient (Wildman–Crippen LogP) is 3.41. The summed E-state index contributed by atoms with van der Waals surface area (Å²) in [6.07, 6.45) is 8.88. The highest BCUT2D eigenvalue weighted by Gasteiger charge is 2.57. The first kappa shape index (κ1) is 17.6. The van der Waals surface area contributed by atoms with Crippen LogP contribution in [0, 0.1) is 17.3 Å². The molecule has 5 aliphatic rings. The Morgan fingerprint density at radius 3 is 2.32 bits per heavy atom. The molecule has 0 spiro atoms. The number of hydrogen-bond acceptors (Lipinski definition) is 3. The van der Waals surface area contributed by atoms with Gasteiger partial charge in [0, 0.05) is 36.9 Å². The molecule has 1 saturated heterocycles. The van der Waals surface area contributed by atoms with E-state index < -0.39 is 0 Å². The van der Waals surface area contributed by atoms with Crippen LogP contribution >= 0.6 is 15.9 Å². The number of methoxy groups -OCH3 is 1. The van der Waals surface area contributed by atoms with Gasteiger partial charge in [0.15, 0.2) is 0 Å². The molecule has 2 unspecified atom stereocenters. The normalized spacial score (nSPS) is 40.1. The largest absolute Gasteiger partial charge is 0.453 e. The van der Waals surface area contributed by atoms with E-state index in [1.54, 1.807) is 4.90 Å². The molecule has 1 heterocycles. The van der Waals surface area contributed by atoms with Crippen LogP contribution < -0.4 is 0 Å². The van der Waals surface area contributed by atoms with Gasteiger partial charge in [0.2, 0.25) is 5.91 Å². The monoisotopic (exact) mass is 412 g/mol. The van der Waals surface area contributed by atoms with Crippen LogP contribution in [0.1, 0.15) is 51.4 Å². The van der Waals surface area contributed by atoms with Gasteiger partial charge in [0.25, 0.3) is 0 Å². The number of amides is 2. The zero-order valence-electron chi connectivity index (χ0n) is 15.1. The molecule has 5 rings (SSSR count). The highest BCUT2D eigenvalue weighted by Crippen LogP contribution is 2.65. The van der Waals surface area contributed by atoms with Crippen LogP contribution in [0.4, 0.5) is 4.79 Å². The van der Waals surface area contributed by atoms with Crippen molar-refractivity contribution in [3.63, 3.8) is 0 Å². The summed E-state index contributed by atoms with van der Waals surface area (Å²) in [4.78, 5) is 28.5. The smallest absolute Gasteiger partial charge is 0.409 e. The van der Waals surface area contributed by atoms with E-state index in [1.807, 2.05) is 4.90 Å². The van der Waals surface area contributed by atoms with E-state index in [0.717, 1.165) is 24.8 Å². The van der Waals surface area contributed by atoms with Crippen molar-refractivity contribution in [3.05, 3.63) is 0 Å². The first-order chi connectivity index (χ1) is 11.9. The van der Waals surface area contributed by atoms with Crippen LogP contribution in [-0.2, 0) is 9.53 Å². The van der Waals surface area contributed by atoms with Crippen molar-refractivity contribution in [3.8, 4) is 0 Å². The molecule has 0 N–H and O–H groups in total. The fraction of sp³-hybridized carbons (Fsp3) is 0.895. The lowest BCUT2D eigenvalue weighted by molar-refractivity contribution is -0.138. The summed E-state index contributed by atoms with van der Waals surface area (Å²) < 4.78 is 5.12. The van der Waals surface area contributed by atoms with Crippen molar-refractivity contribution >= 4 is 27.9 Å². The second-order valence-corrected chi connectivity index (χ2v) is 10.7. The van der Waals surface area contributed by atoms with Crippen molar-refractivity contribution in [2.24, 2.45) is 17.3 Å². The lowest BCUT2D eigenvalue weighted by atomic mass is 9.48. The van der Waals surface area contributed by atoms with Crippen molar-refractivity contribution in [1.29, 1.82) is 0 Å². The van der Waals surface area contributed by atoms with E-state index in [0.29, 0.717) is 36.3 Å². The van der Waals surface area contributed by atoms with Crippen LogP contribution in [0.15, 0.2) is 0 Å². The average molecular weight is 413 g/mol. The molecule has 1 aliphatic heterocycles. The number of alkyl halides is 1. The molecule has 0 radical (unpaired) electrons. The molecule has 4 bridgehead atoms. The van der Waals surface area contributed by atoms with Crippen molar-refractivity contribution in [1.82, 2.24) is 9.80 Å². The van der Waals surface area contributed by atoms with Crippen LogP contribution in [0.2, 0.25) is 0 Å². The van der Waals surface area contributed by atoms with Crippen molar-refractivity contribution in [2.75, 3.05) is 33.3 Å². The van der Waals surface area contributed by atoms with Gasteiger partial charge in [0.1, 0.15) is 0 Å². The number of ether oxygens (including phenoxy) is 1. The zero-order chi connectivity index (χ0) is 17.7. The summed E-state index contributed by atoms with van der Waals surface area (Å²) in [7, 11) is 1.42. The van der Waals surface area contributed by atoms with Gasteiger partial charge >= 0.3 is 6.09 Å². The molecule has 0 aromatic rings. The summed E-state index contributed by atoms with van der Waals surface area (Å²) in [5, 5.41) is 0. The number of rotatable bonds is 2. The van der Waals surface area contributed by atoms with Gasteiger partial charge in [-0.05, 0) is 62.2 Å². The topological polar surface area (TPSA) is 49.9 Å². The summed E-state index contributed by atoms with van der Waals surface area (Å²) in [6, 6.07) is 0. The van der Waals surface area contributed by atoms with E-state index in [1.165, 1.54) is 45.6 Å². The number of carbonyl (C=O) groups is 2. The summed E-state index contributed by atoms with van der Waals surface area (Å²) in [6.45, 7) is 2.65. The number of nitrogens with zero attached hydrogens (tertiary/aromatic N) is 2. The summed E-state index contributed by atoms with van der Waals surface area (Å²) in [5.41, 5.74) is 0.221. The minimum absolute atomic E-state index is 0.221. The Morgan fingerprint density at radius 2 is 1.68 bits per heavy atom. The Kier molecular flexibility index (Phi) is 4.53. The molecule has 2 atom stereocenters. The molecule has 140 valence electrons. The van der Waals surface area contributed by atoms with Gasteiger partial charge in [-0.25, -0.2) is 4.79 Å². The van der Waals surface area contributed by atoms with Gasteiger partial charge in [-0.15, -0.1) is 0 Å². The Balaban J connectivity index is 1.40. The third-order valence-corrected chi connectivity index (χ3v) is 7.85. The number of halogens is 1. The SMILES string of the molecule is COC(=O)N1CCCN(C(=O)CC23CC4CC(CC(Br)(C4)C2)C3)CC1. The first-order valence-electron chi connectivity index (χ1n) is 9.70. The Morgan fingerprint density at radius 1 is 1.04 bits per heavy atom. The van der Waals surface area contributed by atoms with E-state index >= 15 is 0 Å². The fourth-order valence-corrected chi connectivity index (χ4v) is 7.96. The second-order valence-electron chi connectivity index (χ2n) is 8.98. The minimum Gasteiger partial charge on any atom is -0.453 e. The molecular weight excluding hydrogens is 384 g/mol. The zero-order valence-corrected chi connectivity index (χ0v) is 16.7. The minimum atomic E-state index is -0.281. The molecule has 0 aromatic heterocycles. The quantitative estimate of drug-likeness (QED) is 0.652. The molecule has 5 fully saturated rings. The van der Waals surface area contributed by atoms with E-state index in [-0.39, 0.29) is 11.5 Å². The molecule has 4 saturated carbocycles. The van der Waals surface area contributed by atoms with Gasteiger partial charge in [-0.2, -0.15) is 0 Å². The van der Waals surface area contributed by atoms with Crippen LogP contribution in [0.25, 0.3) is 0 Å². The molecule has 5 nitrogen and oxygen atoms in total. The summed E-state index contributed by atoms with van der Waals surface area (Å²) >= 11 is 4.04. The lowest BCUT2D eigenvalue weighted by Gasteiger charge is -2.60. The highest BCUT2D eigenvalue weighted by atomic mass is 79.9. The number of carbonyl (C=O) groups excluding carboxylic acids is 2. The molecule has 2 amide bonds. The van der Waals surface area contributed by atoms with E-state index in [9.17, 15) is 9.59 Å². The van der Waals surface area contributed by atoms with Crippen molar-refractivity contribution in [2.45, 2.75) is 55.7 Å². The van der Waals surface area contributed by atoms with Gasteiger partial charge in [-0.1, -0.05) is 15.9 Å². The Bertz CT molecular complexity index is 553. The standard InChI is InChI=1S/C19H29BrN2O3/c1-25-17(24)22-4-2-3-21(5-6-22)16(23)12-18-8-14-7-15(9-18)11-19(20,10-14)13-18/h14-15H,2-13H2,1H3.